The lowest BCUT2D eigenvalue weighted by molar-refractivity contribution is -0.143. The summed E-state index contributed by atoms with van der Waals surface area (Å²) in [7, 11) is 0. The Balaban J connectivity index is 1.48. The van der Waals surface area contributed by atoms with Crippen LogP contribution in [-0.4, -0.2) is 58.9 Å². The fraction of sp³-hybridized carbons (Fsp3) is 0.500. The summed E-state index contributed by atoms with van der Waals surface area (Å²) in [6, 6.07) is 7.92. The van der Waals surface area contributed by atoms with Gasteiger partial charge in [-0.25, -0.2) is 0 Å². The normalized spacial score (nSPS) is 23.0. The van der Waals surface area contributed by atoms with E-state index in [1.165, 1.54) is 0 Å². The molecule has 6 heteroatoms. The van der Waals surface area contributed by atoms with E-state index in [2.05, 4.69) is 0 Å². The largest absolute Gasteiger partial charge is 0.481 e. The summed E-state index contributed by atoms with van der Waals surface area (Å²) in [5, 5.41) is 8.92. The number of hydrogen-bond acceptors (Lipinski definition) is 3. The van der Waals surface area contributed by atoms with Crippen LogP contribution in [0.5, 0.6) is 0 Å². The molecule has 0 spiro atoms. The maximum atomic E-state index is 12.4. The van der Waals surface area contributed by atoms with Crippen molar-refractivity contribution in [2.24, 2.45) is 11.8 Å². The van der Waals surface area contributed by atoms with Crippen LogP contribution >= 0.6 is 0 Å². The Morgan fingerprint density at radius 1 is 1.00 bits per heavy atom. The van der Waals surface area contributed by atoms with Gasteiger partial charge >= 0.3 is 5.97 Å². The molecule has 2 atom stereocenters. The molecule has 1 saturated heterocycles. The van der Waals surface area contributed by atoms with Gasteiger partial charge in [0.15, 0.2) is 0 Å². The van der Waals surface area contributed by atoms with Gasteiger partial charge in [-0.2, -0.15) is 0 Å². The Hall–Kier alpha value is -2.37. The van der Waals surface area contributed by atoms with Crippen LogP contribution in [0.4, 0.5) is 0 Å². The highest BCUT2D eigenvalue weighted by atomic mass is 16.4. The minimum absolute atomic E-state index is 0.0702. The topological polar surface area (TPSA) is 77.9 Å². The van der Waals surface area contributed by atoms with E-state index in [1.807, 2.05) is 31.2 Å². The number of rotatable bonds is 4. The van der Waals surface area contributed by atoms with Crippen molar-refractivity contribution in [3.63, 3.8) is 0 Å². The summed E-state index contributed by atoms with van der Waals surface area (Å²) in [6.07, 6.45) is 0.818. The summed E-state index contributed by atoms with van der Waals surface area (Å²) >= 11 is 0. The minimum atomic E-state index is -0.889. The lowest BCUT2D eigenvalue weighted by Crippen LogP contribution is -2.51. The summed E-state index contributed by atoms with van der Waals surface area (Å²) in [5.74, 6) is -1.77. The molecule has 1 heterocycles. The summed E-state index contributed by atoms with van der Waals surface area (Å²) in [6.45, 7) is 4.01. The monoisotopic (exact) mass is 330 g/mol. The highest BCUT2D eigenvalue weighted by Crippen LogP contribution is 2.40. The fourth-order valence-corrected chi connectivity index (χ4v) is 3.14. The van der Waals surface area contributed by atoms with E-state index in [0.717, 1.165) is 11.1 Å². The van der Waals surface area contributed by atoms with Crippen molar-refractivity contribution < 1.29 is 19.5 Å². The zero-order valence-electron chi connectivity index (χ0n) is 13.8. The van der Waals surface area contributed by atoms with E-state index < -0.39 is 11.9 Å². The van der Waals surface area contributed by atoms with E-state index in [0.29, 0.717) is 39.0 Å². The van der Waals surface area contributed by atoms with Crippen molar-refractivity contribution in [2.75, 3.05) is 26.2 Å². The number of carboxylic acid groups (broad SMARTS) is 1. The third kappa shape index (κ3) is 3.58. The highest BCUT2D eigenvalue weighted by molar-refractivity contribution is 5.89. The number of hydrogen-bond donors (Lipinski definition) is 1. The molecule has 2 amide bonds. The molecule has 1 aromatic carbocycles. The predicted molar refractivity (Wildman–Crippen MR) is 87.3 cm³/mol. The molecule has 2 aliphatic rings. The molecule has 128 valence electrons. The third-order valence-electron chi connectivity index (χ3n) is 4.84. The molecule has 2 fully saturated rings. The molecule has 0 bridgehead atoms. The molecule has 1 aliphatic heterocycles. The van der Waals surface area contributed by atoms with Gasteiger partial charge in [-0.3, -0.25) is 14.4 Å². The summed E-state index contributed by atoms with van der Waals surface area (Å²) in [5.41, 5.74) is 2.16. The van der Waals surface area contributed by atoms with E-state index in [4.69, 9.17) is 5.11 Å². The molecule has 0 aromatic heterocycles. The molecular formula is C18H22N2O4. The number of piperazine rings is 1. The second-order valence-corrected chi connectivity index (χ2v) is 6.66. The van der Waals surface area contributed by atoms with Crippen LogP contribution in [0.15, 0.2) is 24.3 Å². The molecule has 2 unspecified atom stereocenters. The van der Waals surface area contributed by atoms with Gasteiger partial charge in [0.05, 0.1) is 18.3 Å². The second kappa shape index (κ2) is 6.63. The first-order chi connectivity index (χ1) is 11.5. The molecule has 1 aliphatic carbocycles. The highest BCUT2D eigenvalue weighted by Gasteiger charge is 2.50. The smallest absolute Gasteiger partial charge is 0.307 e. The van der Waals surface area contributed by atoms with Gasteiger partial charge in [0.25, 0.3) is 0 Å². The van der Waals surface area contributed by atoms with Crippen LogP contribution < -0.4 is 0 Å². The molecule has 1 saturated carbocycles. The lowest BCUT2D eigenvalue weighted by atomic mass is 10.1. The lowest BCUT2D eigenvalue weighted by Gasteiger charge is -2.35. The maximum absolute atomic E-state index is 12.4. The molecule has 1 N–H and O–H groups in total. The Morgan fingerprint density at radius 2 is 1.58 bits per heavy atom. The Labute approximate surface area is 141 Å². The molecule has 3 rings (SSSR count). The molecular weight excluding hydrogens is 308 g/mol. The zero-order valence-corrected chi connectivity index (χ0v) is 13.8. The number of aryl methyl sites for hydroxylation is 1. The van der Waals surface area contributed by atoms with Gasteiger partial charge < -0.3 is 14.9 Å². The maximum Gasteiger partial charge on any atom is 0.307 e. The van der Waals surface area contributed by atoms with Crippen LogP contribution in [0.2, 0.25) is 0 Å². The van der Waals surface area contributed by atoms with E-state index in [-0.39, 0.29) is 17.7 Å². The number of carbonyl (C=O) groups excluding carboxylic acids is 2. The number of carbonyl (C=O) groups is 3. The summed E-state index contributed by atoms with van der Waals surface area (Å²) < 4.78 is 0. The van der Waals surface area contributed by atoms with Gasteiger partial charge in [-0.05, 0) is 18.9 Å². The van der Waals surface area contributed by atoms with E-state index in [1.54, 1.807) is 9.80 Å². The number of nitrogens with zero attached hydrogens (tertiary/aromatic N) is 2. The van der Waals surface area contributed by atoms with Crippen molar-refractivity contribution >= 4 is 17.8 Å². The van der Waals surface area contributed by atoms with Gasteiger partial charge in [-0.15, -0.1) is 0 Å². The third-order valence-corrected chi connectivity index (χ3v) is 4.84. The Morgan fingerprint density at radius 3 is 2.12 bits per heavy atom. The van der Waals surface area contributed by atoms with Crippen LogP contribution in [0, 0.1) is 18.8 Å². The number of carboxylic acids is 1. The first-order valence-electron chi connectivity index (χ1n) is 8.30. The van der Waals surface area contributed by atoms with Gasteiger partial charge in [-0.1, -0.05) is 29.8 Å². The van der Waals surface area contributed by atoms with Crippen LogP contribution in [-0.2, 0) is 20.8 Å². The number of aliphatic carboxylic acids is 1. The predicted octanol–water partition coefficient (Wildman–Crippen LogP) is 0.929. The molecule has 1 aromatic rings. The van der Waals surface area contributed by atoms with Gasteiger partial charge in [0.2, 0.25) is 11.8 Å². The first kappa shape index (κ1) is 16.5. The average molecular weight is 330 g/mol. The fourth-order valence-electron chi connectivity index (χ4n) is 3.14. The number of benzene rings is 1. The Bertz CT molecular complexity index is 647. The average Bonchev–Trinajstić information content (AvgIpc) is 3.37. The quantitative estimate of drug-likeness (QED) is 0.891. The van der Waals surface area contributed by atoms with Crippen molar-refractivity contribution in [1.82, 2.24) is 9.80 Å². The molecule has 6 nitrogen and oxygen atoms in total. The van der Waals surface area contributed by atoms with Crippen LogP contribution in [0.25, 0.3) is 0 Å². The van der Waals surface area contributed by atoms with Crippen molar-refractivity contribution in [1.29, 1.82) is 0 Å². The van der Waals surface area contributed by atoms with Gasteiger partial charge in [0.1, 0.15) is 0 Å². The molecule has 24 heavy (non-hydrogen) atoms. The van der Waals surface area contributed by atoms with Crippen LogP contribution in [0.1, 0.15) is 17.5 Å². The Kier molecular flexibility index (Phi) is 4.55. The zero-order chi connectivity index (χ0) is 17.3. The van der Waals surface area contributed by atoms with E-state index in [9.17, 15) is 14.4 Å². The standard InChI is InChI=1S/C18H22N2O4/c1-12-2-4-13(5-3-12)10-16(21)19-6-8-20(9-7-19)17(22)14-11-15(14)18(23)24/h2-5,14-15H,6-11H2,1H3,(H,23,24). The SMILES string of the molecule is Cc1ccc(CC(=O)N2CCN(C(=O)C3CC3C(=O)O)CC2)cc1. The second-order valence-electron chi connectivity index (χ2n) is 6.66. The summed E-state index contributed by atoms with van der Waals surface area (Å²) in [4.78, 5) is 38.9. The van der Waals surface area contributed by atoms with Crippen molar-refractivity contribution in [2.45, 2.75) is 19.8 Å². The van der Waals surface area contributed by atoms with Crippen LogP contribution in [0.3, 0.4) is 0 Å². The first-order valence-corrected chi connectivity index (χ1v) is 8.30. The number of amides is 2. The molecule has 0 radical (unpaired) electrons. The van der Waals surface area contributed by atoms with E-state index >= 15 is 0 Å². The minimum Gasteiger partial charge on any atom is -0.481 e. The van der Waals surface area contributed by atoms with Crippen molar-refractivity contribution in [3.8, 4) is 0 Å². The van der Waals surface area contributed by atoms with Crippen molar-refractivity contribution in [3.05, 3.63) is 35.4 Å². The van der Waals surface area contributed by atoms with Gasteiger partial charge in [0, 0.05) is 26.2 Å².